The Hall–Kier alpha value is -1.95. The van der Waals surface area contributed by atoms with Crippen molar-refractivity contribution < 1.29 is 9.18 Å². The number of halogens is 1. The summed E-state index contributed by atoms with van der Waals surface area (Å²) < 4.78 is 13.0. The fourth-order valence-corrected chi connectivity index (χ4v) is 3.79. The van der Waals surface area contributed by atoms with Crippen molar-refractivity contribution in [3.8, 4) is 10.6 Å². The topological polar surface area (TPSA) is 54.0 Å². The lowest BCUT2D eigenvalue weighted by atomic mass is 9.96. The zero-order valence-corrected chi connectivity index (χ0v) is 14.4. The molecule has 1 aromatic heterocycles. The van der Waals surface area contributed by atoms with Gasteiger partial charge in [-0.15, -0.1) is 11.3 Å². The lowest BCUT2D eigenvalue weighted by Crippen LogP contribution is -2.43. The predicted molar refractivity (Wildman–Crippen MR) is 94.6 cm³/mol. The minimum Gasteiger partial charge on any atom is -0.338 e. The number of benzene rings is 1. The van der Waals surface area contributed by atoms with Crippen molar-refractivity contribution in [1.29, 1.82) is 0 Å². The van der Waals surface area contributed by atoms with Crippen LogP contribution >= 0.6 is 11.3 Å². The fraction of sp³-hybridized carbons (Fsp3) is 0.444. The van der Waals surface area contributed by atoms with Crippen molar-refractivity contribution in [2.75, 3.05) is 6.54 Å². The average molecular weight is 347 g/mol. The largest absolute Gasteiger partial charge is 0.338 e. The molecule has 2 N–H and O–H groups in total. The quantitative estimate of drug-likeness (QED) is 0.855. The molecule has 2 aromatic rings. The lowest BCUT2D eigenvalue weighted by Gasteiger charge is -2.22. The van der Waals surface area contributed by atoms with Gasteiger partial charge in [-0.25, -0.2) is 14.2 Å². The molecular weight excluding hydrogens is 325 g/mol. The molecule has 0 bridgehead atoms. The van der Waals surface area contributed by atoms with Gasteiger partial charge >= 0.3 is 6.03 Å². The molecule has 0 radical (unpaired) electrons. The standard InChI is InChI=1S/C18H22FN3OS/c19-14-8-6-13(7-9-14)17-21-16(12-24-17)10-11-20-18(23)22-15-4-2-1-3-5-15/h6-9,12,15H,1-5,10-11H2,(H2,20,22,23). The summed E-state index contributed by atoms with van der Waals surface area (Å²) in [6.45, 7) is 0.561. The summed E-state index contributed by atoms with van der Waals surface area (Å²) in [7, 11) is 0. The number of thiazole rings is 1. The minimum atomic E-state index is -0.247. The summed E-state index contributed by atoms with van der Waals surface area (Å²) in [5, 5.41) is 8.80. The van der Waals surface area contributed by atoms with Crippen LogP contribution < -0.4 is 10.6 Å². The minimum absolute atomic E-state index is 0.0871. The second kappa shape index (κ2) is 8.24. The number of hydrogen-bond acceptors (Lipinski definition) is 3. The second-order valence-corrected chi connectivity index (χ2v) is 6.99. The molecular formula is C18H22FN3OS. The Morgan fingerprint density at radius 3 is 2.71 bits per heavy atom. The number of rotatable bonds is 5. The third-order valence-electron chi connectivity index (χ3n) is 4.25. The molecule has 6 heteroatoms. The summed E-state index contributed by atoms with van der Waals surface area (Å²) in [6.07, 6.45) is 6.54. The average Bonchev–Trinajstić information content (AvgIpc) is 3.05. The number of nitrogens with zero attached hydrogens (tertiary/aromatic N) is 1. The highest BCUT2D eigenvalue weighted by Gasteiger charge is 2.15. The van der Waals surface area contributed by atoms with Crippen molar-refractivity contribution in [1.82, 2.24) is 15.6 Å². The smallest absolute Gasteiger partial charge is 0.315 e. The summed E-state index contributed by atoms with van der Waals surface area (Å²) in [6, 6.07) is 6.57. The second-order valence-electron chi connectivity index (χ2n) is 6.14. The zero-order chi connectivity index (χ0) is 16.8. The van der Waals surface area contributed by atoms with Crippen LogP contribution in [0.2, 0.25) is 0 Å². The van der Waals surface area contributed by atoms with Gasteiger partial charge in [0.25, 0.3) is 0 Å². The number of amides is 2. The van der Waals surface area contributed by atoms with Gasteiger partial charge in [0.05, 0.1) is 5.69 Å². The fourth-order valence-electron chi connectivity index (χ4n) is 2.93. The van der Waals surface area contributed by atoms with E-state index in [0.717, 1.165) is 29.1 Å². The van der Waals surface area contributed by atoms with Gasteiger partial charge in [0.15, 0.2) is 0 Å². The Balaban J connectivity index is 1.43. The molecule has 3 rings (SSSR count). The van der Waals surface area contributed by atoms with Crippen LogP contribution in [0.1, 0.15) is 37.8 Å². The van der Waals surface area contributed by atoms with E-state index in [2.05, 4.69) is 15.6 Å². The van der Waals surface area contributed by atoms with Crippen molar-refractivity contribution in [2.24, 2.45) is 0 Å². The Bertz CT molecular complexity index is 665. The Labute approximate surface area is 145 Å². The van der Waals surface area contributed by atoms with Crippen LogP contribution in [0.5, 0.6) is 0 Å². The maximum absolute atomic E-state index is 13.0. The van der Waals surface area contributed by atoms with E-state index < -0.39 is 0 Å². The molecule has 1 heterocycles. The molecule has 4 nitrogen and oxygen atoms in total. The van der Waals surface area contributed by atoms with E-state index >= 15 is 0 Å². The van der Waals surface area contributed by atoms with Gasteiger partial charge in [-0.05, 0) is 37.1 Å². The zero-order valence-electron chi connectivity index (χ0n) is 13.6. The van der Waals surface area contributed by atoms with E-state index in [9.17, 15) is 9.18 Å². The van der Waals surface area contributed by atoms with Gasteiger partial charge in [0, 0.05) is 30.0 Å². The van der Waals surface area contributed by atoms with Crippen LogP contribution in [0.15, 0.2) is 29.6 Å². The van der Waals surface area contributed by atoms with Gasteiger partial charge < -0.3 is 10.6 Å². The number of nitrogens with one attached hydrogen (secondary N) is 2. The van der Waals surface area contributed by atoms with Crippen LogP contribution in [0.3, 0.4) is 0 Å². The number of urea groups is 1. The van der Waals surface area contributed by atoms with Crippen LogP contribution in [-0.2, 0) is 6.42 Å². The van der Waals surface area contributed by atoms with Gasteiger partial charge in [0.1, 0.15) is 10.8 Å². The van der Waals surface area contributed by atoms with Crippen molar-refractivity contribution in [3.05, 3.63) is 41.2 Å². The van der Waals surface area contributed by atoms with Crippen molar-refractivity contribution >= 4 is 17.4 Å². The first-order chi connectivity index (χ1) is 11.7. The molecule has 1 aromatic carbocycles. The summed E-state index contributed by atoms with van der Waals surface area (Å²) in [5.41, 5.74) is 1.85. The molecule has 1 saturated carbocycles. The molecule has 0 saturated heterocycles. The van der Waals surface area contributed by atoms with Gasteiger partial charge in [0.2, 0.25) is 0 Å². The SMILES string of the molecule is O=C(NCCc1csc(-c2ccc(F)cc2)n1)NC1CCCCC1. The Kier molecular flexibility index (Phi) is 5.80. The molecule has 128 valence electrons. The van der Waals surface area contributed by atoms with Gasteiger partial charge in [-0.3, -0.25) is 0 Å². The lowest BCUT2D eigenvalue weighted by molar-refractivity contribution is 0.233. The van der Waals surface area contributed by atoms with E-state index in [1.165, 1.54) is 42.7 Å². The summed E-state index contributed by atoms with van der Waals surface area (Å²) in [4.78, 5) is 16.4. The maximum Gasteiger partial charge on any atom is 0.315 e. The summed E-state index contributed by atoms with van der Waals surface area (Å²) in [5.74, 6) is -0.247. The molecule has 1 fully saturated rings. The van der Waals surface area contributed by atoms with Crippen molar-refractivity contribution in [3.63, 3.8) is 0 Å². The number of aromatic nitrogens is 1. The maximum atomic E-state index is 13.0. The van der Waals surface area contributed by atoms with Crippen molar-refractivity contribution in [2.45, 2.75) is 44.6 Å². The van der Waals surface area contributed by atoms with Gasteiger partial charge in [-0.2, -0.15) is 0 Å². The van der Waals surface area contributed by atoms with E-state index in [4.69, 9.17) is 0 Å². The monoisotopic (exact) mass is 347 g/mol. The predicted octanol–water partition coefficient (Wildman–Crippen LogP) is 4.12. The summed E-state index contributed by atoms with van der Waals surface area (Å²) >= 11 is 1.53. The first kappa shape index (κ1) is 16.9. The molecule has 1 aliphatic rings. The van der Waals surface area contributed by atoms with Crippen LogP contribution in [0.25, 0.3) is 10.6 Å². The third kappa shape index (κ3) is 4.77. The Morgan fingerprint density at radius 1 is 1.21 bits per heavy atom. The highest BCUT2D eigenvalue weighted by molar-refractivity contribution is 7.13. The van der Waals surface area contributed by atoms with Crippen LogP contribution in [-0.4, -0.2) is 23.6 Å². The van der Waals surface area contributed by atoms with Gasteiger partial charge in [-0.1, -0.05) is 19.3 Å². The van der Waals surface area contributed by atoms with E-state index in [-0.39, 0.29) is 11.8 Å². The van der Waals surface area contributed by atoms with Crippen LogP contribution in [0.4, 0.5) is 9.18 Å². The molecule has 0 spiro atoms. The highest BCUT2D eigenvalue weighted by Crippen LogP contribution is 2.24. The van der Waals surface area contributed by atoms with E-state index in [0.29, 0.717) is 19.0 Å². The third-order valence-corrected chi connectivity index (χ3v) is 5.19. The first-order valence-corrected chi connectivity index (χ1v) is 9.33. The molecule has 24 heavy (non-hydrogen) atoms. The van der Waals surface area contributed by atoms with Crippen LogP contribution in [0, 0.1) is 5.82 Å². The molecule has 0 aliphatic heterocycles. The first-order valence-electron chi connectivity index (χ1n) is 8.45. The van der Waals surface area contributed by atoms with E-state index in [1.54, 1.807) is 12.1 Å². The molecule has 2 amide bonds. The van der Waals surface area contributed by atoms with E-state index in [1.807, 2.05) is 5.38 Å². The number of carbonyl (C=O) groups excluding carboxylic acids is 1. The number of carbonyl (C=O) groups is 1. The molecule has 0 atom stereocenters. The highest BCUT2D eigenvalue weighted by atomic mass is 32.1. The molecule has 0 unspecified atom stereocenters. The number of hydrogen-bond donors (Lipinski definition) is 2. The Morgan fingerprint density at radius 2 is 1.96 bits per heavy atom. The molecule has 1 aliphatic carbocycles. The normalized spacial score (nSPS) is 15.2.